The first-order valence-corrected chi connectivity index (χ1v) is 13.4. The molecule has 0 fully saturated rings. The number of halogens is 3. The smallest absolute Gasteiger partial charge is 0.266 e. The van der Waals surface area contributed by atoms with Crippen LogP contribution < -0.4 is 24.3 Å². The van der Waals surface area contributed by atoms with Crippen molar-refractivity contribution in [1.82, 2.24) is 15.2 Å². The van der Waals surface area contributed by atoms with Crippen molar-refractivity contribution in [3.63, 3.8) is 0 Å². The average molecular weight is 637 g/mol. The predicted octanol–water partition coefficient (Wildman–Crippen LogP) is 6.84. The Bertz CT molecular complexity index is 1300. The van der Waals surface area contributed by atoms with Crippen LogP contribution in [0.3, 0.4) is 0 Å². The average Bonchev–Trinajstić information content (AvgIpc) is 2.95. The Morgan fingerprint density at radius 3 is 1.93 bits per heavy atom. The number of methoxy groups -OCH3 is 4. The molecule has 0 saturated carbocycles. The van der Waals surface area contributed by atoms with Crippen LogP contribution in [0.5, 0.6) is 23.0 Å². The van der Waals surface area contributed by atoms with E-state index in [4.69, 9.17) is 31.2 Å². The molecular weight excluding hydrogens is 604 g/mol. The van der Waals surface area contributed by atoms with Crippen LogP contribution in [0.2, 0.25) is 0 Å². The van der Waals surface area contributed by atoms with Crippen molar-refractivity contribution in [1.29, 1.82) is 0 Å². The van der Waals surface area contributed by atoms with E-state index in [1.165, 1.54) is 0 Å². The third-order valence-electron chi connectivity index (χ3n) is 6.33. The van der Waals surface area contributed by atoms with Gasteiger partial charge in [-0.3, -0.25) is 4.98 Å². The van der Waals surface area contributed by atoms with Gasteiger partial charge in [0.1, 0.15) is 23.0 Å². The SMILES string of the molecule is COc1ccc(CN(Cc2ccc(OC)cc2OC)C(=S)N[C@@](C)(CC=C(F)F)c2cc(Br)ccn2)c(OC)c1. The maximum absolute atomic E-state index is 13.2. The Morgan fingerprint density at radius 2 is 1.48 bits per heavy atom. The first-order valence-electron chi connectivity index (χ1n) is 12.2. The molecule has 214 valence electrons. The highest BCUT2D eigenvalue weighted by Crippen LogP contribution is 2.31. The maximum Gasteiger partial charge on any atom is 0.266 e. The molecule has 3 rings (SSSR count). The third-order valence-corrected chi connectivity index (χ3v) is 7.19. The van der Waals surface area contributed by atoms with E-state index in [0.29, 0.717) is 46.9 Å². The summed E-state index contributed by atoms with van der Waals surface area (Å²) in [5.74, 6) is 2.54. The van der Waals surface area contributed by atoms with Crippen LogP contribution in [-0.4, -0.2) is 43.4 Å². The van der Waals surface area contributed by atoms with Crippen molar-refractivity contribution in [3.05, 3.63) is 88.2 Å². The van der Waals surface area contributed by atoms with Gasteiger partial charge in [0.15, 0.2) is 5.11 Å². The van der Waals surface area contributed by atoms with Gasteiger partial charge in [-0.1, -0.05) is 15.9 Å². The lowest BCUT2D eigenvalue weighted by molar-refractivity contribution is 0.332. The lowest BCUT2D eigenvalue weighted by Crippen LogP contribution is -2.49. The first kappa shape index (κ1) is 31.1. The topological polar surface area (TPSA) is 65.1 Å². The summed E-state index contributed by atoms with van der Waals surface area (Å²) in [7, 11) is 6.33. The van der Waals surface area contributed by atoms with Gasteiger partial charge in [-0.2, -0.15) is 8.78 Å². The molecule has 1 aromatic heterocycles. The predicted molar refractivity (Wildman–Crippen MR) is 158 cm³/mol. The molecule has 0 saturated heterocycles. The fourth-order valence-electron chi connectivity index (χ4n) is 4.10. The highest BCUT2D eigenvalue weighted by Gasteiger charge is 2.31. The molecule has 0 unspecified atom stereocenters. The lowest BCUT2D eigenvalue weighted by Gasteiger charge is -2.35. The van der Waals surface area contributed by atoms with E-state index in [9.17, 15) is 8.78 Å². The monoisotopic (exact) mass is 635 g/mol. The summed E-state index contributed by atoms with van der Waals surface area (Å²) >= 11 is 9.38. The van der Waals surface area contributed by atoms with Crippen LogP contribution >= 0.6 is 28.1 Å². The van der Waals surface area contributed by atoms with Crippen molar-refractivity contribution >= 4 is 33.3 Å². The molecule has 2 aromatic carbocycles. The number of aromatic nitrogens is 1. The fourth-order valence-corrected chi connectivity index (χ4v) is 4.79. The maximum atomic E-state index is 13.2. The molecular formula is C29H32BrF2N3O4S. The molecule has 0 amide bonds. The van der Waals surface area contributed by atoms with Crippen LogP contribution in [0, 0.1) is 0 Å². The minimum absolute atomic E-state index is 0.0511. The summed E-state index contributed by atoms with van der Waals surface area (Å²) < 4.78 is 49.2. The molecule has 0 radical (unpaired) electrons. The van der Waals surface area contributed by atoms with Gasteiger partial charge in [0.05, 0.1) is 39.7 Å². The molecule has 0 aliphatic heterocycles. The molecule has 40 heavy (non-hydrogen) atoms. The zero-order chi connectivity index (χ0) is 29.3. The third kappa shape index (κ3) is 8.04. The second-order valence-corrected chi connectivity index (χ2v) is 10.3. The number of hydrogen-bond acceptors (Lipinski definition) is 6. The number of nitrogens with zero attached hydrogens (tertiary/aromatic N) is 2. The molecule has 0 aliphatic rings. The molecule has 3 aromatic rings. The second kappa shape index (κ2) is 14.3. The van der Waals surface area contributed by atoms with Crippen LogP contribution in [-0.2, 0) is 18.6 Å². The summed E-state index contributed by atoms with van der Waals surface area (Å²) in [6.45, 7) is 2.46. The van der Waals surface area contributed by atoms with E-state index >= 15 is 0 Å². The van der Waals surface area contributed by atoms with Gasteiger partial charge in [-0.15, -0.1) is 0 Å². The van der Waals surface area contributed by atoms with Crippen molar-refractivity contribution in [2.24, 2.45) is 0 Å². The van der Waals surface area contributed by atoms with E-state index in [2.05, 4.69) is 26.2 Å². The Labute approximate surface area is 247 Å². The van der Waals surface area contributed by atoms with Gasteiger partial charge >= 0.3 is 0 Å². The Kier molecular flexibility index (Phi) is 11.1. The zero-order valence-corrected chi connectivity index (χ0v) is 25.4. The molecule has 0 aliphatic carbocycles. The van der Waals surface area contributed by atoms with Crippen molar-refractivity contribution in [2.45, 2.75) is 32.0 Å². The zero-order valence-electron chi connectivity index (χ0n) is 23.0. The number of ether oxygens (including phenoxy) is 4. The highest BCUT2D eigenvalue weighted by atomic mass is 79.9. The van der Waals surface area contributed by atoms with E-state index in [1.54, 1.807) is 65.8 Å². The quantitative estimate of drug-likeness (QED) is 0.217. The van der Waals surface area contributed by atoms with Crippen molar-refractivity contribution in [3.8, 4) is 23.0 Å². The van der Waals surface area contributed by atoms with Gasteiger partial charge in [-0.25, -0.2) is 0 Å². The normalized spacial score (nSPS) is 12.1. The number of thiocarbonyl (C=S) groups is 1. The Hall–Kier alpha value is -3.44. The molecule has 0 bridgehead atoms. The number of benzene rings is 2. The first-order chi connectivity index (χ1) is 19.1. The minimum Gasteiger partial charge on any atom is -0.497 e. The summed E-state index contributed by atoms with van der Waals surface area (Å²) in [4.78, 5) is 6.36. The molecule has 1 atom stereocenters. The fraction of sp³-hybridized carbons (Fsp3) is 0.310. The number of hydrogen-bond donors (Lipinski definition) is 1. The number of nitrogens with one attached hydrogen (secondary N) is 1. The number of pyridine rings is 1. The molecule has 11 heteroatoms. The van der Waals surface area contributed by atoms with Gasteiger partial charge in [0.25, 0.3) is 6.08 Å². The standard InChI is InChI=1S/C29H32BrF2N3O4S/c1-29(12-10-27(31)32,26-14-21(30)11-13-33-26)34-28(40)35(17-19-6-8-22(36-2)15-24(19)38-4)18-20-7-9-23(37-3)16-25(20)39-5/h6-11,13-16H,12,17-18H2,1-5H3,(H,34,40)/t29-/m0/s1. The number of rotatable bonds is 12. The second-order valence-electron chi connectivity index (χ2n) is 9.03. The van der Waals surface area contributed by atoms with Crippen LogP contribution in [0.1, 0.15) is 30.2 Å². The largest absolute Gasteiger partial charge is 0.497 e. The van der Waals surface area contributed by atoms with Gasteiger partial charge in [0, 0.05) is 47.0 Å². The molecule has 7 nitrogen and oxygen atoms in total. The van der Waals surface area contributed by atoms with E-state index in [1.807, 2.05) is 29.2 Å². The summed E-state index contributed by atoms with van der Waals surface area (Å²) in [6, 6.07) is 14.6. The lowest BCUT2D eigenvalue weighted by atomic mass is 9.93. The molecule has 0 spiro atoms. The van der Waals surface area contributed by atoms with Gasteiger partial charge in [-0.05, 0) is 68.0 Å². The summed E-state index contributed by atoms with van der Waals surface area (Å²) in [6.07, 6.45) is 0.642. The minimum atomic E-state index is -1.78. The van der Waals surface area contributed by atoms with E-state index in [0.717, 1.165) is 21.7 Å². The Morgan fingerprint density at radius 1 is 0.925 bits per heavy atom. The molecule has 1 heterocycles. The Balaban J connectivity index is 2.04. The summed E-state index contributed by atoms with van der Waals surface area (Å²) in [5.41, 5.74) is 1.19. The highest BCUT2D eigenvalue weighted by molar-refractivity contribution is 9.10. The van der Waals surface area contributed by atoms with Crippen LogP contribution in [0.15, 0.2) is 71.4 Å². The van der Waals surface area contributed by atoms with Crippen LogP contribution in [0.25, 0.3) is 0 Å². The van der Waals surface area contributed by atoms with Crippen molar-refractivity contribution in [2.75, 3.05) is 28.4 Å². The van der Waals surface area contributed by atoms with Crippen LogP contribution in [0.4, 0.5) is 8.78 Å². The van der Waals surface area contributed by atoms with Gasteiger partial charge in [0.2, 0.25) is 0 Å². The van der Waals surface area contributed by atoms with Gasteiger partial charge < -0.3 is 29.2 Å². The van der Waals surface area contributed by atoms with E-state index in [-0.39, 0.29) is 6.42 Å². The summed E-state index contributed by atoms with van der Waals surface area (Å²) in [5, 5.41) is 3.64. The molecule has 1 N–H and O–H groups in total. The van der Waals surface area contributed by atoms with Crippen molar-refractivity contribution < 1.29 is 27.7 Å². The van der Waals surface area contributed by atoms with E-state index < -0.39 is 11.6 Å².